The number of rotatable bonds is 19. The van der Waals surface area contributed by atoms with E-state index in [9.17, 15) is 9.59 Å². The van der Waals surface area contributed by atoms with E-state index in [0.29, 0.717) is 29.0 Å². The topological polar surface area (TPSA) is 77.0 Å². The average molecular weight is 588 g/mol. The van der Waals surface area contributed by atoms with Gasteiger partial charge in [0.15, 0.2) is 0 Å². The van der Waals surface area contributed by atoms with Crippen LogP contribution in [0, 0.1) is 0 Å². The summed E-state index contributed by atoms with van der Waals surface area (Å²) in [4.78, 5) is 24.7. The van der Waals surface area contributed by atoms with E-state index >= 15 is 0 Å². The molecule has 0 aliphatic carbocycles. The minimum absolute atomic E-state index is 0.115. The molecule has 0 fully saturated rings. The van der Waals surface area contributed by atoms with Crippen molar-refractivity contribution >= 4 is 34.0 Å². The number of ether oxygens (including phenoxy) is 2. The zero-order valence-electron chi connectivity index (χ0n) is 23.0. The van der Waals surface area contributed by atoms with Crippen molar-refractivity contribution < 1.29 is 19.1 Å². The third-order valence-electron chi connectivity index (χ3n) is 6.40. The predicted molar refractivity (Wildman–Crippen MR) is 158 cm³/mol. The van der Waals surface area contributed by atoms with Gasteiger partial charge in [0.1, 0.15) is 11.5 Å². The normalized spacial score (nSPS) is 11.0. The van der Waals surface area contributed by atoms with Crippen LogP contribution in [0.1, 0.15) is 113 Å². The van der Waals surface area contributed by atoms with Crippen molar-refractivity contribution in [1.29, 1.82) is 0 Å². The van der Waals surface area contributed by atoms with Crippen LogP contribution in [-0.2, 0) is 4.79 Å². The van der Waals surface area contributed by atoms with E-state index in [1.165, 1.54) is 76.8 Å². The fourth-order valence-electron chi connectivity index (χ4n) is 4.13. The van der Waals surface area contributed by atoms with Crippen LogP contribution in [0.4, 0.5) is 0 Å². The minimum Gasteiger partial charge on any atom is -0.497 e. The fraction of sp³-hybridized carbons (Fsp3) is 0.516. The molecule has 0 saturated heterocycles. The van der Waals surface area contributed by atoms with Crippen molar-refractivity contribution in [1.82, 2.24) is 5.43 Å². The lowest BCUT2D eigenvalue weighted by molar-refractivity contribution is -0.121. The molecule has 7 heteroatoms. The molecule has 38 heavy (non-hydrogen) atoms. The number of halogens is 1. The van der Waals surface area contributed by atoms with Gasteiger partial charge in [-0.15, -0.1) is 0 Å². The van der Waals surface area contributed by atoms with E-state index in [0.717, 1.165) is 17.3 Å². The Labute approximate surface area is 236 Å². The number of nitrogens with zero attached hydrogens (tertiary/aromatic N) is 1. The smallest absolute Gasteiger partial charge is 0.343 e. The minimum atomic E-state index is -0.490. The van der Waals surface area contributed by atoms with E-state index in [2.05, 4.69) is 33.4 Å². The van der Waals surface area contributed by atoms with E-state index in [1.54, 1.807) is 49.6 Å². The van der Waals surface area contributed by atoms with Crippen LogP contribution in [0.15, 0.2) is 52.0 Å². The Kier molecular flexibility index (Phi) is 16.1. The third-order valence-corrected chi connectivity index (χ3v) is 6.89. The van der Waals surface area contributed by atoms with Crippen LogP contribution in [0.3, 0.4) is 0 Å². The van der Waals surface area contributed by atoms with Gasteiger partial charge in [-0.2, -0.15) is 5.10 Å². The molecule has 2 rings (SSSR count). The molecule has 0 aliphatic heterocycles. The number of hydrazone groups is 1. The summed E-state index contributed by atoms with van der Waals surface area (Å²) in [7, 11) is 1.57. The molecule has 0 unspecified atom stereocenters. The highest BCUT2D eigenvalue weighted by Crippen LogP contribution is 2.23. The monoisotopic (exact) mass is 586 g/mol. The highest BCUT2D eigenvalue weighted by atomic mass is 79.9. The second-order valence-electron chi connectivity index (χ2n) is 9.59. The Hall–Kier alpha value is -2.67. The molecular weight excluding hydrogens is 544 g/mol. The lowest BCUT2D eigenvalue weighted by Crippen LogP contribution is -2.17. The van der Waals surface area contributed by atoms with Crippen molar-refractivity contribution in [3.63, 3.8) is 0 Å². The number of esters is 1. The number of unbranched alkanes of at least 4 members (excludes halogenated alkanes) is 12. The first-order valence-corrected chi connectivity index (χ1v) is 14.8. The number of carbonyl (C=O) groups is 2. The van der Waals surface area contributed by atoms with Crippen LogP contribution < -0.4 is 14.9 Å². The predicted octanol–water partition coefficient (Wildman–Crippen LogP) is 8.61. The van der Waals surface area contributed by atoms with E-state index in [1.807, 2.05) is 0 Å². The van der Waals surface area contributed by atoms with Crippen LogP contribution in [0.2, 0.25) is 0 Å². The van der Waals surface area contributed by atoms with Gasteiger partial charge in [0.05, 0.1) is 18.9 Å². The Bertz CT molecular complexity index is 992. The van der Waals surface area contributed by atoms with Crippen LogP contribution >= 0.6 is 15.9 Å². The number of hydrogen-bond acceptors (Lipinski definition) is 5. The third kappa shape index (κ3) is 13.2. The summed E-state index contributed by atoms with van der Waals surface area (Å²) >= 11 is 3.42. The molecule has 1 amide bonds. The number of hydrogen-bond donors (Lipinski definition) is 1. The summed E-state index contributed by atoms with van der Waals surface area (Å²) in [6.45, 7) is 2.26. The van der Waals surface area contributed by atoms with Crippen molar-refractivity contribution in [3.05, 3.63) is 58.1 Å². The van der Waals surface area contributed by atoms with Gasteiger partial charge in [0.2, 0.25) is 5.91 Å². The SMILES string of the molecule is CCCCCCCCCCCCCCCC(=O)N/N=C/c1cc(Br)ccc1OC(=O)c1ccc(OC)cc1. The number of nitrogens with one attached hydrogen (secondary N) is 1. The maximum atomic E-state index is 12.5. The highest BCUT2D eigenvalue weighted by Gasteiger charge is 2.12. The second kappa shape index (κ2) is 19.4. The van der Waals surface area contributed by atoms with Crippen molar-refractivity contribution in [2.45, 2.75) is 96.8 Å². The van der Waals surface area contributed by atoms with E-state index in [4.69, 9.17) is 9.47 Å². The fourth-order valence-corrected chi connectivity index (χ4v) is 4.51. The molecule has 2 aromatic carbocycles. The first-order chi connectivity index (χ1) is 18.5. The first-order valence-electron chi connectivity index (χ1n) is 14.0. The van der Waals surface area contributed by atoms with E-state index in [-0.39, 0.29) is 5.91 Å². The molecule has 0 bridgehead atoms. The maximum Gasteiger partial charge on any atom is 0.343 e. The van der Waals surface area contributed by atoms with Gasteiger partial charge in [-0.05, 0) is 48.9 Å². The molecule has 1 N–H and O–H groups in total. The summed E-state index contributed by atoms with van der Waals surface area (Å²) in [6.07, 6.45) is 18.5. The van der Waals surface area contributed by atoms with Crippen molar-refractivity contribution in [3.8, 4) is 11.5 Å². The van der Waals surface area contributed by atoms with Gasteiger partial charge < -0.3 is 9.47 Å². The van der Waals surface area contributed by atoms with Crippen molar-refractivity contribution in [2.75, 3.05) is 7.11 Å². The highest BCUT2D eigenvalue weighted by molar-refractivity contribution is 9.10. The summed E-state index contributed by atoms with van der Waals surface area (Å²) in [5.41, 5.74) is 3.56. The van der Waals surface area contributed by atoms with Crippen LogP contribution in [0.5, 0.6) is 11.5 Å². The van der Waals surface area contributed by atoms with Gasteiger partial charge in [-0.25, -0.2) is 10.2 Å². The molecule has 2 aromatic rings. The molecule has 0 atom stereocenters. The molecule has 0 aliphatic rings. The number of benzene rings is 2. The molecular formula is C31H43BrN2O4. The molecule has 0 aromatic heterocycles. The number of carbonyl (C=O) groups excluding carboxylic acids is 2. The Morgan fingerprint density at radius 2 is 1.42 bits per heavy atom. The van der Waals surface area contributed by atoms with Crippen LogP contribution in [0.25, 0.3) is 0 Å². The summed E-state index contributed by atoms with van der Waals surface area (Å²) in [6, 6.07) is 11.9. The number of amides is 1. The largest absolute Gasteiger partial charge is 0.497 e. The Balaban J connectivity index is 1.64. The molecule has 0 heterocycles. The zero-order valence-corrected chi connectivity index (χ0v) is 24.6. The van der Waals surface area contributed by atoms with Gasteiger partial charge >= 0.3 is 5.97 Å². The Morgan fingerprint density at radius 1 is 0.842 bits per heavy atom. The quantitative estimate of drug-likeness (QED) is 0.0587. The Morgan fingerprint density at radius 3 is 2.00 bits per heavy atom. The maximum absolute atomic E-state index is 12.5. The standard InChI is InChI=1S/C31H43BrN2O4/c1-3-4-5-6-7-8-9-10-11-12-13-14-15-16-30(35)34-33-24-26-23-27(32)19-22-29(26)38-31(36)25-17-20-28(37-2)21-18-25/h17-24H,3-16H2,1-2H3,(H,34,35)/b33-24+. The van der Waals surface area contributed by atoms with Gasteiger partial charge in [0, 0.05) is 16.5 Å². The lowest BCUT2D eigenvalue weighted by atomic mass is 10.0. The number of methoxy groups -OCH3 is 1. The van der Waals surface area contributed by atoms with E-state index < -0.39 is 5.97 Å². The molecule has 0 spiro atoms. The average Bonchev–Trinajstić information content (AvgIpc) is 2.92. The zero-order chi connectivity index (χ0) is 27.4. The molecule has 0 saturated carbocycles. The molecule has 6 nitrogen and oxygen atoms in total. The van der Waals surface area contributed by atoms with Gasteiger partial charge in [-0.1, -0.05) is 99.9 Å². The summed E-state index contributed by atoms with van der Waals surface area (Å²) < 4.78 is 11.5. The van der Waals surface area contributed by atoms with Crippen LogP contribution in [-0.4, -0.2) is 25.2 Å². The van der Waals surface area contributed by atoms with Crippen molar-refractivity contribution in [2.24, 2.45) is 5.10 Å². The summed E-state index contributed by atoms with van der Waals surface area (Å²) in [5, 5.41) is 4.07. The second-order valence-corrected chi connectivity index (χ2v) is 10.5. The molecule has 0 radical (unpaired) electrons. The van der Waals surface area contributed by atoms with Gasteiger partial charge in [0.25, 0.3) is 0 Å². The summed E-state index contributed by atoms with van der Waals surface area (Å²) in [5.74, 6) is 0.406. The lowest BCUT2D eigenvalue weighted by Gasteiger charge is -2.08. The first kappa shape index (κ1) is 31.5. The molecule has 208 valence electrons. The van der Waals surface area contributed by atoms with Gasteiger partial charge in [-0.3, -0.25) is 4.79 Å².